The Balaban J connectivity index is 2.41. The van der Waals surface area contributed by atoms with Crippen LogP contribution in [0.3, 0.4) is 0 Å². The van der Waals surface area contributed by atoms with Gasteiger partial charge in [0.1, 0.15) is 0 Å². The Morgan fingerprint density at radius 1 is 1.33 bits per heavy atom. The van der Waals surface area contributed by atoms with Crippen LogP contribution in [0.4, 0.5) is 0 Å². The molecule has 3 heteroatoms. The summed E-state index contributed by atoms with van der Waals surface area (Å²) in [7, 11) is 0. The van der Waals surface area contributed by atoms with Crippen molar-refractivity contribution < 1.29 is 5.11 Å². The summed E-state index contributed by atoms with van der Waals surface area (Å²) in [4.78, 5) is 2.45. The lowest BCUT2D eigenvalue weighted by atomic mass is 9.88. The van der Waals surface area contributed by atoms with Gasteiger partial charge in [-0.05, 0) is 44.9 Å². The van der Waals surface area contributed by atoms with Gasteiger partial charge in [0.15, 0.2) is 0 Å². The molecule has 0 aliphatic carbocycles. The van der Waals surface area contributed by atoms with E-state index in [2.05, 4.69) is 31.0 Å². The van der Waals surface area contributed by atoms with Crippen molar-refractivity contribution in [1.82, 2.24) is 10.2 Å². The van der Waals surface area contributed by atoms with Crippen LogP contribution in [0.2, 0.25) is 0 Å². The number of hydrogen-bond donors (Lipinski definition) is 2. The maximum atomic E-state index is 9.53. The normalized spacial score (nSPS) is 22.2. The summed E-state index contributed by atoms with van der Waals surface area (Å²) < 4.78 is 0. The number of rotatable bonds is 5. The van der Waals surface area contributed by atoms with Gasteiger partial charge < -0.3 is 15.3 Å². The minimum atomic E-state index is -0.00403. The highest BCUT2D eigenvalue weighted by molar-refractivity contribution is 4.92. The molecule has 3 nitrogen and oxygen atoms in total. The predicted molar refractivity (Wildman–Crippen MR) is 64.0 cm³/mol. The first-order valence-corrected chi connectivity index (χ1v) is 6.20. The Morgan fingerprint density at radius 2 is 1.93 bits per heavy atom. The first-order valence-electron chi connectivity index (χ1n) is 6.20. The lowest BCUT2D eigenvalue weighted by Crippen LogP contribution is -2.56. The Hall–Kier alpha value is -0.120. The molecule has 0 radical (unpaired) electrons. The van der Waals surface area contributed by atoms with Gasteiger partial charge in [0.25, 0.3) is 0 Å². The van der Waals surface area contributed by atoms with Crippen LogP contribution in [0.25, 0.3) is 0 Å². The molecule has 0 bridgehead atoms. The van der Waals surface area contributed by atoms with E-state index in [9.17, 15) is 5.11 Å². The van der Waals surface area contributed by atoms with Gasteiger partial charge in [-0.1, -0.05) is 20.8 Å². The second-order valence-corrected chi connectivity index (χ2v) is 5.15. The summed E-state index contributed by atoms with van der Waals surface area (Å²) in [5, 5.41) is 13.1. The summed E-state index contributed by atoms with van der Waals surface area (Å²) in [5.41, 5.74) is -0.00403. The van der Waals surface area contributed by atoms with E-state index >= 15 is 0 Å². The Labute approximate surface area is 93.9 Å². The van der Waals surface area contributed by atoms with E-state index < -0.39 is 0 Å². The smallest absolute Gasteiger partial charge is 0.0614 e. The SMILES string of the molecule is CCN1CCC(CO)(NCC(C)C)CC1. The Kier molecular flexibility index (Phi) is 5.03. The van der Waals surface area contributed by atoms with Crippen LogP contribution in [0.1, 0.15) is 33.6 Å². The Morgan fingerprint density at radius 3 is 2.33 bits per heavy atom. The van der Waals surface area contributed by atoms with Crippen LogP contribution < -0.4 is 5.32 Å². The molecule has 2 N–H and O–H groups in total. The van der Waals surface area contributed by atoms with Gasteiger partial charge in [-0.15, -0.1) is 0 Å². The molecule has 1 fully saturated rings. The number of aliphatic hydroxyl groups is 1. The molecule has 0 amide bonds. The topological polar surface area (TPSA) is 35.5 Å². The fourth-order valence-electron chi connectivity index (χ4n) is 2.11. The molecule has 0 unspecified atom stereocenters. The molecule has 0 saturated carbocycles. The van der Waals surface area contributed by atoms with Crippen molar-refractivity contribution in [3.8, 4) is 0 Å². The zero-order chi connectivity index (χ0) is 11.3. The first kappa shape index (κ1) is 12.9. The molecule has 0 aromatic rings. The molecule has 1 aliphatic rings. The third kappa shape index (κ3) is 3.74. The molecular formula is C12H26N2O. The van der Waals surface area contributed by atoms with Crippen molar-refractivity contribution in [2.45, 2.75) is 39.2 Å². The average molecular weight is 214 g/mol. The van der Waals surface area contributed by atoms with E-state index in [4.69, 9.17) is 0 Å². The highest BCUT2D eigenvalue weighted by Gasteiger charge is 2.32. The minimum Gasteiger partial charge on any atom is -0.394 e. The minimum absolute atomic E-state index is 0.00403. The summed E-state index contributed by atoms with van der Waals surface area (Å²) in [6.07, 6.45) is 2.15. The second kappa shape index (κ2) is 5.83. The standard InChI is InChI=1S/C12H26N2O/c1-4-14-7-5-12(10-15,6-8-14)13-9-11(2)3/h11,13,15H,4-10H2,1-3H3. The third-order valence-corrected chi connectivity index (χ3v) is 3.45. The molecule has 90 valence electrons. The maximum absolute atomic E-state index is 9.53. The molecule has 1 heterocycles. The van der Waals surface area contributed by atoms with Crippen LogP contribution in [0.15, 0.2) is 0 Å². The molecule has 1 rings (SSSR count). The predicted octanol–water partition coefficient (Wildman–Crippen LogP) is 1.08. The van der Waals surface area contributed by atoms with Crippen LogP contribution in [-0.4, -0.2) is 48.3 Å². The van der Waals surface area contributed by atoms with Crippen molar-refractivity contribution in [3.05, 3.63) is 0 Å². The van der Waals surface area contributed by atoms with E-state index in [0.717, 1.165) is 39.0 Å². The maximum Gasteiger partial charge on any atom is 0.0614 e. The zero-order valence-electron chi connectivity index (χ0n) is 10.4. The fraction of sp³-hybridized carbons (Fsp3) is 1.00. The highest BCUT2D eigenvalue weighted by Crippen LogP contribution is 2.21. The molecule has 1 saturated heterocycles. The zero-order valence-corrected chi connectivity index (χ0v) is 10.4. The monoisotopic (exact) mass is 214 g/mol. The van der Waals surface area contributed by atoms with Crippen LogP contribution >= 0.6 is 0 Å². The van der Waals surface area contributed by atoms with Gasteiger partial charge in [0.2, 0.25) is 0 Å². The van der Waals surface area contributed by atoms with Gasteiger partial charge in [-0.25, -0.2) is 0 Å². The van der Waals surface area contributed by atoms with Crippen LogP contribution in [-0.2, 0) is 0 Å². The van der Waals surface area contributed by atoms with Crippen molar-refractivity contribution in [2.75, 3.05) is 32.8 Å². The van der Waals surface area contributed by atoms with Crippen molar-refractivity contribution in [3.63, 3.8) is 0 Å². The van der Waals surface area contributed by atoms with E-state index in [1.54, 1.807) is 0 Å². The summed E-state index contributed by atoms with van der Waals surface area (Å²) >= 11 is 0. The van der Waals surface area contributed by atoms with E-state index in [-0.39, 0.29) is 12.1 Å². The fourth-order valence-corrected chi connectivity index (χ4v) is 2.11. The third-order valence-electron chi connectivity index (χ3n) is 3.45. The van der Waals surface area contributed by atoms with E-state index in [1.807, 2.05) is 0 Å². The van der Waals surface area contributed by atoms with Crippen molar-refractivity contribution in [2.24, 2.45) is 5.92 Å². The quantitative estimate of drug-likeness (QED) is 0.719. The number of aliphatic hydroxyl groups excluding tert-OH is 1. The molecule has 1 aliphatic heterocycles. The molecule has 0 aromatic carbocycles. The van der Waals surface area contributed by atoms with Gasteiger partial charge in [-0.3, -0.25) is 0 Å². The molecular weight excluding hydrogens is 188 g/mol. The Bertz CT molecular complexity index is 174. The lowest BCUT2D eigenvalue weighted by molar-refractivity contribution is 0.0788. The molecule has 15 heavy (non-hydrogen) atoms. The van der Waals surface area contributed by atoms with E-state index in [1.165, 1.54) is 0 Å². The van der Waals surface area contributed by atoms with Gasteiger partial charge in [0.05, 0.1) is 6.61 Å². The van der Waals surface area contributed by atoms with Crippen LogP contribution in [0, 0.1) is 5.92 Å². The summed E-state index contributed by atoms with van der Waals surface area (Å²) in [6, 6.07) is 0. The first-order chi connectivity index (χ1) is 7.12. The number of piperidine rings is 1. The number of nitrogens with zero attached hydrogens (tertiary/aromatic N) is 1. The van der Waals surface area contributed by atoms with Crippen LogP contribution in [0.5, 0.6) is 0 Å². The number of nitrogens with one attached hydrogen (secondary N) is 1. The molecule has 0 spiro atoms. The second-order valence-electron chi connectivity index (χ2n) is 5.15. The summed E-state index contributed by atoms with van der Waals surface area (Å²) in [5.74, 6) is 0.651. The lowest BCUT2D eigenvalue weighted by Gasteiger charge is -2.41. The number of likely N-dealkylation sites (tertiary alicyclic amines) is 1. The summed E-state index contributed by atoms with van der Waals surface area (Å²) in [6.45, 7) is 11.3. The average Bonchev–Trinajstić information content (AvgIpc) is 2.27. The molecule has 0 atom stereocenters. The number of hydrogen-bond acceptors (Lipinski definition) is 3. The van der Waals surface area contributed by atoms with Crippen molar-refractivity contribution in [1.29, 1.82) is 0 Å². The van der Waals surface area contributed by atoms with Crippen molar-refractivity contribution >= 4 is 0 Å². The molecule has 0 aromatic heterocycles. The van der Waals surface area contributed by atoms with Gasteiger partial charge in [-0.2, -0.15) is 0 Å². The largest absolute Gasteiger partial charge is 0.394 e. The van der Waals surface area contributed by atoms with Gasteiger partial charge >= 0.3 is 0 Å². The van der Waals surface area contributed by atoms with Gasteiger partial charge in [0, 0.05) is 5.54 Å². The van der Waals surface area contributed by atoms with E-state index in [0.29, 0.717) is 5.92 Å². The highest BCUT2D eigenvalue weighted by atomic mass is 16.3.